The molecule has 0 bridgehead atoms. The molecule has 202 valence electrons. The predicted molar refractivity (Wildman–Crippen MR) is 137 cm³/mol. The standard InChI is InChI=1S/C25H40N4O7/c1-5-21(30)26-11-9-10-25(18-34-15-12-27-22(31)6-2,19-35-16-13-28-23(32)7-3)20-36-17-14-29-24(33)8-4/h5-8H,1-4,9-20H2,(H,26,30)(H,27,31)(H,28,32)(H,29,33). The van der Waals surface area contributed by atoms with Crippen LogP contribution in [0, 0.1) is 5.41 Å². The maximum Gasteiger partial charge on any atom is 0.243 e. The van der Waals surface area contributed by atoms with E-state index in [2.05, 4.69) is 47.6 Å². The smallest absolute Gasteiger partial charge is 0.243 e. The number of hydrogen-bond donors (Lipinski definition) is 4. The maximum absolute atomic E-state index is 11.5. The summed E-state index contributed by atoms with van der Waals surface area (Å²) >= 11 is 0. The number of nitrogens with one attached hydrogen (secondary N) is 4. The molecule has 0 aromatic carbocycles. The summed E-state index contributed by atoms with van der Waals surface area (Å²) in [4.78, 5) is 45.5. The van der Waals surface area contributed by atoms with Gasteiger partial charge in [0.1, 0.15) is 0 Å². The molecule has 11 heteroatoms. The second-order valence-electron chi connectivity index (χ2n) is 7.74. The van der Waals surface area contributed by atoms with Gasteiger partial charge in [-0.3, -0.25) is 19.2 Å². The molecular formula is C25H40N4O7. The van der Waals surface area contributed by atoms with Gasteiger partial charge in [0.25, 0.3) is 0 Å². The van der Waals surface area contributed by atoms with Gasteiger partial charge in [0, 0.05) is 31.6 Å². The lowest BCUT2D eigenvalue weighted by atomic mass is 9.85. The van der Waals surface area contributed by atoms with Crippen molar-refractivity contribution in [2.45, 2.75) is 12.8 Å². The van der Waals surface area contributed by atoms with Crippen molar-refractivity contribution < 1.29 is 33.4 Å². The third-order valence-corrected chi connectivity index (χ3v) is 4.79. The first-order valence-electron chi connectivity index (χ1n) is 11.7. The quantitative estimate of drug-likeness (QED) is 0.112. The first-order chi connectivity index (χ1) is 17.3. The van der Waals surface area contributed by atoms with E-state index in [-0.39, 0.29) is 63.3 Å². The van der Waals surface area contributed by atoms with Crippen LogP contribution in [0.3, 0.4) is 0 Å². The van der Waals surface area contributed by atoms with Gasteiger partial charge in [0.15, 0.2) is 0 Å². The van der Waals surface area contributed by atoms with Crippen LogP contribution in [0.2, 0.25) is 0 Å². The fourth-order valence-corrected chi connectivity index (χ4v) is 2.91. The Hall–Kier alpha value is -3.28. The van der Waals surface area contributed by atoms with Gasteiger partial charge in [0.05, 0.1) is 39.6 Å². The van der Waals surface area contributed by atoms with Crippen molar-refractivity contribution in [3.63, 3.8) is 0 Å². The first-order valence-corrected chi connectivity index (χ1v) is 11.7. The monoisotopic (exact) mass is 508 g/mol. The predicted octanol–water partition coefficient (Wildman–Crippen LogP) is 0.0116. The van der Waals surface area contributed by atoms with E-state index in [0.717, 1.165) is 0 Å². The van der Waals surface area contributed by atoms with Crippen LogP contribution in [0.1, 0.15) is 12.8 Å². The van der Waals surface area contributed by atoms with Gasteiger partial charge < -0.3 is 35.5 Å². The van der Waals surface area contributed by atoms with Gasteiger partial charge >= 0.3 is 0 Å². The third kappa shape index (κ3) is 17.2. The molecule has 0 atom stereocenters. The molecule has 0 unspecified atom stereocenters. The minimum Gasteiger partial charge on any atom is -0.379 e. The Morgan fingerprint density at radius 2 is 0.861 bits per heavy atom. The molecule has 11 nitrogen and oxygen atoms in total. The maximum atomic E-state index is 11.5. The second-order valence-corrected chi connectivity index (χ2v) is 7.74. The summed E-state index contributed by atoms with van der Waals surface area (Å²) in [5, 5.41) is 10.7. The van der Waals surface area contributed by atoms with Crippen LogP contribution in [-0.4, -0.2) is 89.4 Å². The van der Waals surface area contributed by atoms with Crippen molar-refractivity contribution in [2.75, 3.05) is 65.8 Å². The molecule has 36 heavy (non-hydrogen) atoms. The van der Waals surface area contributed by atoms with E-state index >= 15 is 0 Å². The van der Waals surface area contributed by atoms with Crippen LogP contribution in [0.25, 0.3) is 0 Å². The number of ether oxygens (including phenoxy) is 3. The van der Waals surface area contributed by atoms with Crippen LogP contribution in [-0.2, 0) is 33.4 Å². The molecule has 0 saturated heterocycles. The molecule has 0 aliphatic rings. The lowest BCUT2D eigenvalue weighted by Crippen LogP contribution is -2.40. The van der Waals surface area contributed by atoms with Crippen molar-refractivity contribution in [2.24, 2.45) is 5.41 Å². The highest BCUT2D eigenvalue weighted by Crippen LogP contribution is 2.26. The Morgan fingerprint density at radius 3 is 1.17 bits per heavy atom. The summed E-state index contributed by atoms with van der Waals surface area (Å²) in [6.45, 7) is 16.5. The summed E-state index contributed by atoms with van der Waals surface area (Å²) in [6.07, 6.45) is 5.94. The van der Waals surface area contributed by atoms with Gasteiger partial charge in [-0.1, -0.05) is 26.3 Å². The molecule has 0 heterocycles. The summed E-state index contributed by atoms with van der Waals surface area (Å²) in [7, 11) is 0. The number of carbonyl (C=O) groups is 4. The van der Waals surface area contributed by atoms with Crippen LogP contribution < -0.4 is 21.3 Å². The normalized spacial score (nSPS) is 10.6. The molecule has 0 spiro atoms. The van der Waals surface area contributed by atoms with E-state index in [9.17, 15) is 19.2 Å². The molecule has 0 radical (unpaired) electrons. The van der Waals surface area contributed by atoms with E-state index < -0.39 is 5.41 Å². The zero-order chi connectivity index (χ0) is 27.1. The SMILES string of the molecule is C=CC(=O)NCCCC(COCCNC(=O)C=C)(COCCNC(=O)C=C)COCCNC(=O)C=C. The molecule has 4 amide bonds. The van der Waals surface area contributed by atoms with Gasteiger partial charge in [-0.15, -0.1) is 0 Å². The Morgan fingerprint density at radius 1 is 0.556 bits per heavy atom. The van der Waals surface area contributed by atoms with Crippen LogP contribution in [0.5, 0.6) is 0 Å². The molecule has 0 saturated carbocycles. The van der Waals surface area contributed by atoms with Gasteiger partial charge in [-0.25, -0.2) is 0 Å². The Bertz CT molecular complexity index is 666. The van der Waals surface area contributed by atoms with Gasteiger partial charge in [0.2, 0.25) is 23.6 Å². The van der Waals surface area contributed by atoms with Crippen LogP contribution >= 0.6 is 0 Å². The van der Waals surface area contributed by atoms with E-state index in [1.54, 1.807) is 0 Å². The lowest BCUT2D eigenvalue weighted by Gasteiger charge is -2.33. The largest absolute Gasteiger partial charge is 0.379 e. The zero-order valence-corrected chi connectivity index (χ0v) is 21.0. The molecule has 0 aliphatic carbocycles. The van der Waals surface area contributed by atoms with E-state index in [4.69, 9.17) is 14.2 Å². The fourth-order valence-electron chi connectivity index (χ4n) is 2.91. The summed E-state index contributed by atoms with van der Waals surface area (Å²) in [5.41, 5.74) is -0.591. The van der Waals surface area contributed by atoms with Crippen molar-refractivity contribution in [3.8, 4) is 0 Å². The number of rotatable bonds is 23. The second kappa shape index (κ2) is 21.0. The first kappa shape index (κ1) is 32.7. The summed E-state index contributed by atoms with van der Waals surface area (Å²) in [5.74, 6) is -1.15. The lowest BCUT2D eigenvalue weighted by molar-refractivity contribution is -0.118. The average molecular weight is 509 g/mol. The van der Waals surface area contributed by atoms with Gasteiger partial charge in [-0.05, 0) is 37.1 Å². The van der Waals surface area contributed by atoms with Crippen molar-refractivity contribution in [1.82, 2.24) is 21.3 Å². The topological polar surface area (TPSA) is 144 Å². The third-order valence-electron chi connectivity index (χ3n) is 4.79. The van der Waals surface area contributed by atoms with Crippen molar-refractivity contribution in [1.29, 1.82) is 0 Å². The van der Waals surface area contributed by atoms with Crippen molar-refractivity contribution in [3.05, 3.63) is 50.6 Å². The average Bonchev–Trinajstić information content (AvgIpc) is 2.89. The number of amides is 4. The number of hydrogen-bond acceptors (Lipinski definition) is 7. The van der Waals surface area contributed by atoms with E-state index in [1.807, 2.05) is 0 Å². The van der Waals surface area contributed by atoms with E-state index in [0.29, 0.717) is 39.0 Å². The van der Waals surface area contributed by atoms with Crippen LogP contribution in [0.4, 0.5) is 0 Å². The minimum atomic E-state index is -0.591. The molecule has 0 aromatic rings. The highest BCUT2D eigenvalue weighted by atomic mass is 16.5. The highest BCUT2D eigenvalue weighted by Gasteiger charge is 2.31. The van der Waals surface area contributed by atoms with Crippen molar-refractivity contribution >= 4 is 23.6 Å². The molecule has 0 aromatic heterocycles. The molecule has 0 aliphatic heterocycles. The molecule has 4 N–H and O–H groups in total. The Balaban J connectivity index is 5.11. The minimum absolute atomic E-state index is 0.254. The van der Waals surface area contributed by atoms with E-state index in [1.165, 1.54) is 24.3 Å². The molecular weight excluding hydrogens is 468 g/mol. The Kier molecular flexibility index (Phi) is 19.1. The van der Waals surface area contributed by atoms with Crippen LogP contribution in [0.15, 0.2) is 50.6 Å². The molecule has 0 rings (SSSR count). The fraction of sp³-hybridized carbons (Fsp3) is 0.520. The van der Waals surface area contributed by atoms with Gasteiger partial charge in [-0.2, -0.15) is 0 Å². The zero-order valence-electron chi connectivity index (χ0n) is 21.0. The Labute approximate surface area is 213 Å². The molecule has 0 fully saturated rings. The summed E-state index contributed by atoms with van der Waals surface area (Å²) in [6, 6.07) is 0. The number of carbonyl (C=O) groups excluding carboxylic acids is 4. The summed E-state index contributed by atoms with van der Waals surface area (Å²) < 4.78 is 17.5. The highest BCUT2D eigenvalue weighted by molar-refractivity contribution is 5.87.